The molecule has 0 saturated heterocycles. The van der Waals surface area contributed by atoms with Gasteiger partial charge < -0.3 is 5.73 Å². The van der Waals surface area contributed by atoms with Crippen LogP contribution in [0, 0.1) is 12.3 Å². The summed E-state index contributed by atoms with van der Waals surface area (Å²) in [5, 5.41) is 0.103. The molecule has 94 valence electrons. The normalized spacial score (nSPS) is 29.2. The second kappa shape index (κ2) is 4.54. The quantitative estimate of drug-likeness (QED) is 0.878. The minimum Gasteiger partial charge on any atom is -0.326 e. The number of benzene rings is 1. The molecule has 2 N–H and O–H groups in total. The lowest BCUT2D eigenvalue weighted by molar-refractivity contribution is 0.334. The fourth-order valence-electron chi connectivity index (χ4n) is 2.55. The van der Waals surface area contributed by atoms with E-state index < -0.39 is 10.8 Å². The van der Waals surface area contributed by atoms with Crippen LogP contribution >= 0.6 is 0 Å². The van der Waals surface area contributed by atoms with Crippen molar-refractivity contribution in [3.63, 3.8) is 0 Å². The van der Waals surface area contributed by atoms with E-state index >= 15 is 0 Å². The van der Waals surface area contributed by atoms with Gasteiger partial charge in [0, 0.05) is 10.9 Å². The summed E-state index contributed by atoms with van der Waals surface area (Å²) in [6, 6.07) is 7.94. The molecule has 0 spiro atoms. The number of rotatable bonds is 2. The predicted octanol–water partition coefficient (Wildman–Crippen LogP) is 2.62. The van der Waals surface area contributed by atoms with E-state index in [1.54, 1.807) is 0 Å². The summed E-state index contributed by atoms with van der Waals surface area (Å²) in [7, 11) is -0.972. The van der Waals surface area contributed by atoms with Crippen molar-refractivity contribution in [1.82, 2.24) is 0 Å². The lowest BCUT2D eigenvalue weighted by Gasteiger charge is -2.26. The zero-order valence-corrected chi connectivity index (χ0v) is 11.6. The van der Waals surface area contributed by atoms with Gasteiger partial charge in [-0.3, -0.25) is 4.21 Å². The smallest absolute Gasteiger partial charge is 0.0579 e. The first-order valence-corrected chi connectivity index (χ1v) is 7.36. The highest BCUT2D eigenvalue weighted by atomic mass is 32.2. The largest absolute Gasteiger partial charge is 0.326 e. The van der Waals surface area contributed by atoms with Crippen molar-refractivity contribution in [3.8, 4) is 0 Å². The topological polar surface area (TPSA) is 43.1 Å². The lowest BCUT2D eigenvalue weighted by atomic mass is 9.88. The van der Waals surface area contributed by atoms with Crippen LogP contribution in [0.3, 0.4) is 0 Å². The van der Waals surface area contributed by atoms with Gasteiger partial charge in [0.25, 0.3) is 0 Å². The molecule has 1 aromatic carbocycles. The molecule has 1 aliphatic rings. The fraction of sp³-hybridized carbons (Fsp3) is 0.571. The molecule has 2 rings (SSSR count). The van der Waals surface area contributed by atoms with Crippen molar-refractivity contribution in [1.29, 1.82) is 0 Å². The Balaban J connectivity index is 2.26. The highest BCUT2D eigenvalue weighted by molar-refractivity contribution is 7.85. The molecule has 1 aromatic rings. The van der Waals surface area contributed by atoms with Gasteiger partial charge in [-0.2, -0.15) is 0 Å². The maximum absolute atomic E-state index is 12.6. The van der Waals surface area contributed by atoms with E-state index in [2.05, 4.69) is 13.8 Å². The van der Waals surface area contributed by atoms with Gasteiger partial charge in [-0.1, -0.05) is 32.0 Å². The number of nitrogens with two attached hydrogens (primary N) is 1. The molecular formula is C14H21NOS. The molecule has 1 saturated carbocycles. The Hall–Kier alpha value is -0.670. The van der Waals surface area contributed by atoms with Crippen molar-refractivity contribution in [2.45, 2.75) is 49.8 Å². The van der Waals surface area contributed by atoms with Crippen LogP contribution in [-0.4, -0.2) is 15.5 Å². The third kappa shape index (κ3) is 2.31. The van der Waals surface area contributed by atoms with Crippen molar-refractivity contribution in [2.75, 3.05) is 0 Å². The van der Waals surface area contributed by atoms with Crippen LogP contribution in [0.15, 0.2) is 29.2 Å². The third-order valence-electron chi connectivity index (χ3n) is 3.96. The number of aryl methyl sites for hydroxylation is 1. The third-order valence-corrected chi connectivity index (χ3v) is 5.93. The standard InChI is InChI=1S/C14H21NOS/c1-10-6-4-5-7-11(10)17(16)12-8-9-14(2,3)13(12)15/h4-7,12-13H,8-9,15H2,1-3H3. The van der Waals surface area contributed by atoms with Crippen molar-refractivity contribution < 1.29 is 4.21 Å². The van der Waals surface area contributed by atoms with Gasteiger partial charge in [0.15, 0.2) is 0 Å². The van der Waals surface area contributed by atoms with Gasteiger partial charge in [-0.15, -0.1) is 0 Å². The highest BCUT2D eigenvalue weighted by Crippen LogP contribution is 2.40. The molecule has 3 unspecified atom stereocenters. The molecule has 0 amide bonds. The molecule has 0 radical (unpaired) electrons. The van der Waals surface area contributed by atoms with Crippen molar-refractivity contribution in [2.24, 2.45) is 11.1 Å². The molecule has 0 heterocycles. The minimum atomic E-state index is -0.972. The molecule has 3 atom stereocenters. The average molecular weight is 251 g/mol. The van der Waals surface area contributed by atoms with Crippen LogP contribution in [-0.2, 0) is 10.8 Å². The zero-order chi connectivity index (χ0) is 12.6. The van der Waals surface area contributed by atoms with E-state index in [-0.39, 0.29) is 16.7 Å². The van der Waals surface area contributed by atoms with Gasteiger partial charge in [0.1, 0.15) is 0 Å². The second-order valence-electron chi connectivity index (χ2n) is 5.65. The van der Waals surface area contributed by atoms with Gasteiger partial charge in [0.05, 0.1) is 16.0 Å². The summed E-state index contributed by atoms with van der Waals surface area (Å²) in [6.07, 6.45) is 2.03. The summed E-state index contributed by atoms with van der Waals surface area (Å²) in [5.41, 5.74) is 7.47. The maximum Gasteiger partial charge on any atom is 0.0579 e. The van der Waals surface area contributed by atoms with E-state index in [1.807, 2.05) is 31.2 Å². The lowest BCUT2D eigenvalue weighted by Crippen LogP contribution is -2.41. The van der Waals surface area contributed by atoms with Gasteiger partial charge in [0.2, 0.25) is 0 Å². The van der Waals surface area contributed by atoms with Crippen LogP contribution in [0.5, 0.6) is 0 Å². The summed E-state index contributed by atoms with van der Waals surface area (Å²) in [4.78, 5) is 0.950. The molecule has 0 aromatic heterocycles. The van der Waals surface area contributed by atoms with Crippen LogP contribution in [0.1, 0.15) is 32.3 Å². The summed E-state index contributed by atoms with van der Waals surface area (Å²) in [6.45, 7) is 6.36. The van der Waals surface area contributed by atoms with E-state index in [1.165, 1.54) is 0 Å². The van der Waals surface area contributed by atoms with E-state index in [9.17, 15) is 4.21 Å². The maximum atomic E-state index is 12.6. The predicted molar refractivity (Wildman–Crippen MR) is 72.4 cm³/mol. The monoisotopic (exact) mass is 251 g/mol. The zero-order valence-electron chi connectivity index (χ0n) is 10.8. The van der Waals surface area contributed by atoms with Crippen LogP contribution in [0.4, 0.5) is 0 Å². The van der Waals surface area contributed by atoms with Gasteiger partial charge in [-0.05, 0) is 36.8 Å². The fourth-order valence-corrected chi connectivity index (χ4v) is 4.44. The Kier molecular flexibility index (Phi) is 3.41. The molecule has 3 heteroatoms. The first-order chi connectivity index (χ1) is 7.93. The molecular weight excluding hydrogens is 230 g/mol. The number of hydrogen-bond acceptors (Lipinski definition) is 2. The Labute approximate surface area is 106 Å². The first-order valence-electron chi connectivity index (χ1n) is 6.15. The van der Waals surface area contributed by atoms with Crippen LogP contribution < -0.4 is 5.73 Å². The van der Waals surface area contributed by atoms with E-state index in [0.29, 0.717) is 0 Å². The van der Waals surface area contributed by atoms with E-state index in [4.69, 9.17) is 5.73 Å². The van der Waals surface area contributed by atoms with Gasteiger partial charge in [-0.25, -0.2) is 0 Å². The Morgan fingerprint density at radius 3 is 2.53 bits per heavy atom. The summed E-state index contributed by atoms with van der Waals surface area (Å²) >= 11 is 0. The minimum absolute atomic E-state index is 0.0305. The summed E-state index contributed by atoms with van der Waals surface area (Å²) < 4.78 is 12.6. The first kappa shape index (κ1) is 12.8. The Bertz CT molecular complexity index is 442. The molecule has 17 heavy (non-hydrogen) atoms. The van der Waals surface area contributed by atoms with Gasteiger partial charge >= 0.3 is 0 Å². The SMILES string of the molecule is Cc1ccccc1S(=O)C1CCC(C)(C)C1N. The Morgan fingerprint density at radius 1 is 1.35 bits per heavy atom. The molecule has 1 fully saturated rings. The van der Waals surface area contributed by atoms with E-state index in [0.717, 1.165) is 23.3 Å². The molecule has 2 nitrogen and oxygen atoms in total. The average Bonchev–Trinajstić information content (AvgIpc) is 2.54. The summed E-state index contributed by atoms with van der Waals surface area (Å²) in [5.74, 6) is 0. The highest BCUT2D eigenvalue weighted by Gasteiger charge is 2.42. The van der Waals surface area contributed by atoms with Crippen LogP contribution in [0.25, 0.3) is 0 Å². The van der Waals surface area contributed by atoms with Crippen LogP contribution in [0.2, 0.25) is 0 Å². The molecule has 0 bridgehead atoms. The number of hydrogen-bond donors (Lipinski definition) is 1. The Morgan fingerprint density at radius 2 is 2.00 bits per heavy atom. The van der Waals surface area contributed by atoms with Crippen molar-refractivity contribution >= 4 is 10.8 Å². The molecule has 0 aliphatic heterocycles. The second-order valence-corrected chi connectivity index (χ2v) is 7.29. The van der Waals surface area contributed by atoms with Crippen molar-refractivity contribution in [3.05, 3.63) is 29.8 Å². The molecule has 1 aliphatic carbocycles.